The van der Waals surface area contributed by atoms with Crippen molar-refractivity contribution in [3.63, 3.8) is 0 Å². The molecular weight excluding hydrogens is 281 g/mol. The van der Waals surface area contributed by atoms with Gasteiger partial charge < -0.3 is 5.11 Å². The van der Waals surface area contributed by atoms with E-state index in [9.17, 15) is 18.3 Å². The first-order chi connectivity index (χ1) is 8.21. The molecule has 0 spiro atoms. The summed E-state index contributed by atoms with van der Waals surface area (Å²) in [7, 11) is -4.46. The van der Waals surface area contributed by atoms with Gasteiger partial charge in [-0.3, -0.25) is 14.3 Å². The number of carbonyl (C=O) groups is 1. The van der Waals surface area contributed by atoms with E-state index in [2.05, 4.69) is 4.99 Å². The number of rotatable bonds is 4. The maximum Gasteiger partial charge on any atom is 1.00 e. The summed E-state index contributed by atoms with van der Waals surface area (Å²) in [4.78, 5) is 13.9. The monoisotopic (exact) mass is 293 g/mol. The summed E-state index contributed by atoms with van der Waals surface area (Å²) in [6, 6.07) is 4.11. The SMILES string of the molecule is CC(=O)CC([O-])=Nc1c(C)cccc1S(=O)(=O)O.[Na+]. The van der Waals surface area contributed by atoms with Crippen LogP contribution < -0.4 is 34.7 Å². The number of hydrogen-bond donors (Lipinski definition) is 1. The molecule has 0 fully saturated rings. The van der Waals surface area contributed by atoms with E-state index in [0.717, 1.165) is 6.07 Å². The fourth-order valence-electron chi connectivity index (χ4n) is 1.36. The Labute approximate surface area is 133 Å². The second-order valence-corrected chi connectivity index (χ2v) is 5.17. The smallest absolute Gasteiger partial charge is 0.861 e. The van der Waals surface area contributed by atoms with Gasteiger partial charge in [-0.25, -0.2) is 0 Å². The van der Waals surface area contributed by atoms with Crippen LogP contribution >= 0.6 is 0 Å². The number of hydrogen-bond acceptors (Lipinski definition) is 5. The number of Topliss-reactive ketones (excluding diaryl/α,β-unsaturated/α-hetero) is 1. The molecule has 0 aliphatic rings. The van der Waals surface area contributed by atoms with Gasteiger partial charge in [-0.15, -0.1) is 0 Å². The van der Waals surface area contributed by atoms with Crippen molar-refractivity contribution in [1.82, 2.24) is 0 Å². The third kappa shape index (κ3) is 5.42. The van der Waals surface area contributed by atoms with E-state index in [1.165, 1.54) is 13.0 Å². The summed E-state index contributed by atoms with van der Waals surface area (Å²) in [5.41, 5.74) is 0.285. The van der Waals surface area contributed by atoms with Crippen LogP contribution in [0, 0.1) is 6.92 Å². The fourth-order valence-corrected chi connectivity index (χ4v) is 2.06. The van der Waals surface area contributed by atoms with Gasteiger partial charge in [0.1, 0.15) is 10.7 Å². The Hall–Kier alpha value is -0.730. The third-order valence-corrected chi connectivity index (χ3v) is 3.00. The molecule has 1 rings (SSSR count). The third-order valence-electron chi connectivity index (χ3n) is 2.12. The fraction of sp³-hybridized carbons (Fsp3) is 0.273. The van der Waals surface area contributed by atoms with Crippen molar-refractivity contribution in [2.24, 2.45) is 4.99 Å². The zero-order valence-electron chi connectivity index (χ0n) is 10.9. The molecule has 0 unspecified atom stereocenters. The van der Waals surface area contributed by atoms with Crippen LogP contribution in [0.25, 0.3) is 0 Å². The molecule has 0 atom stereocenters. The Bertz CT molecular complexity index is 610. The largest absolute Gasteiger partial charge is 1.00 e. The minimum atomic E-state index is -4.46. The van der Waals surface area contributed by atoms with Crippen LogP contribution in [-0.4, -0.2) is 24.7 Å². The van der Waals surface area contributed by atoms with Gasteiger partial charge >= 0.3 is 29.6 Å². The van der Waals surface area contributed by atoms with E-state index in [4.69, 9.17) is 4.55 Å². The quantitative estimate of drug-likeness (QED) is 0.289. The molecule has 8 heteroatoms. The minimum absolute atomic E-state index is 0. The number of aryl methyl sites for hydroxylation is 1. The summed E-state index contributed by atoms with van der Waals surface area (Å²) in [5, 5.41) is 11.4. The van der Waals surface area contributed by atoms with Crippen LogP contribution in [0.1, 0.15) is 18.9 Å². The van der Waals surface area contributed by atoms with Crippen molar-refractivity contribution in [2.75, 3.05) is 0 Å². The zero-order chi connectivity index (χ0) is 13.9. The van der Waals surface area contributed by atoms with E-state index in [-0.39, 0.29) is 41.0 Å². The standard InChI is InChI=1S/C11H13NO5S.Na/c1-7-4-3-5-9(18(15,16)17)11(7)12-10(14)6-8(2)13;/h3-5H,6H2,1-2H3,(H,12,14)(H,15,16,17);/q;+1/p-1. The molecular formula is C11H12NNaO5S. The molecule has 0 aliphatic heterocycles. The number of carbonyl (C=O) groups excluding carboxylic acids is 1. The molecule has 0 aromatic heterocycles. The van der Waals surface area contributed by atoms with Gasteiger partial charge in [0.25, 0.3) is 10.1 Å². The van der Waals surface area contributed by atoms with E-state index >= 15 is 0 Å². The predicted octanol–water partition coefficient (Wildman–Crippen LogP) is -2.38. The molecule has 19 heavy (non-hydrogen) atoms. The Morgan fingerprint density at radius 2 is 2.00 bits per heavy atom. The van der Waals surface area contributed by atoms with Crippen LogP contribution in [0.3, 0.4) is 0 Å². The number of nitrogens with zero attached hydrogens (tertiary/aromatic N) is 1. The van der Waals surface area contributed by atoms with E-state index in [1.807, 2.05) is 0 Å². The van der Waals surface area contributed by atoms with Gasteiger partial charge in [-0.2, -0.15) is 8.42 Å². The predicted molar refractivity (Wildman–Crippen MR) is 63.4 cm³/mol. The molecule has 1 aromatic carbocycles. The van der Waals surface area contributed by atoms with Crippen LogP contribution in [0.2, 0.25) is 0 Å². The average molecular weight is 293 g/mol. The number of para-hydroxylation sites is 1. The number of ketones is 1. The Morgan fingerprint density at radius 1 is 1.42 bits per heavy atom. The maximum atomic E-state index is 11.4. The summed E-state index contributed by atoms with van der Waals surface area (Å²) in [5.74, 6) is -1.12. The first kappa shape index (κ1) is 18.3. The molecule has 0 saturated carbocycles. The normalized spacial score (nSPS) is 11.8. The molecule has 0 saturated heterocycles. The number of aliphatic imine (C=N–C) groups is 1. The average Bonchev–Trinajstić information content (AvgIpc) is 2.18. The van der Waals surface area contributed by atoms with Crippen molar-refractivity contribution in [1.29, 1.82) is 0 Å². The van der Waals surface area contributed by atoms with Gasteiger partial charge in [0.15, 0.2) is 0 Å². The van der Waals surface area contributed by atoms with E-state index in [1.54, 1.807) is 13.0 Å². The summed E-state index contributed by atoms with van der Waals surface area (Å²) in [6.07, 6.45) is -0.404. The summed E-state index contributed by atoms with van der Waals surface area (Å²) in [6.45, 7) is 2.78. The first-order valence-electron chi connectivity index (χ1n) is 5.03. The Kier molecular flexibility index (Phi) is 6.88. The summed E-state index contributed by atoms with van der Waals surface area (Å²) >= 11 is 0. The molecule has 0 radical (unpaired) electrons. The molecule has 0 aliphatic carbocycles. The van der Waals surface area contributed by atoms with Gasteiger partial charge in [0, 0.05) is 6.42 Å². The molecule has 98 valence electrons. The van der Waals surface area contributed by atoms with Crippen molar-refractivity contribution in [3.05, 3.63) is 23.8 Å². The molecule has 1 aromatic rings. The van der Waals surface area contributed by atoms with E-state index < -0.39 is 27.3 Å². The summed E-state index contributed by atoms with van der Waals surface area (Å²) < 4.78 is 31.3. The van der Waals surface area contributed by atoms with Crippen molar-refractivity contribution in [3.8, 4) is 0 Å². The van der Waals surface area contributed by atoms with Crippen LogP contribution in [0.4, 0.5) is 5.69 Å². The van der Waals surface area contributed by atoms with Gasteiger partial charge in [-0.1, -0.05) is 12.1 Å². The minimum Gasteiger partial charge on any atom is -0.861 e. The van der Waals surface area contributed by atoms with Crippen molar-refractivity contribution >= 4 is 27.5 Å². The van der Waals surface area contributed by atoms with Crippen LogP contribution in [-0.2, 0) is 14.9 Å². The number of benzene rings is 1. The first-order valence-corrected chi connectivity index (χ1v) is 6.47. The second kappa shape index (κ2) is 7.16. The van der Waals surface area contributed by atoms with Gasteiger partial charge in [-0.05, 0) is 31.4 Å². The topological polar surface area (TPSA) is 107 Å². The zero-order valence-corrected chi connectivity index (χ0v) is 13.7. The van der Waals surface area contributed by atoms with Crippen molar-refractivity contribution in [2.45, 2.75) is 25.2 Å². The molecule has 1 N–H and O–H groups in total. The van der Waals surface area contributed by atoms with Crippen LogP contribution in [0.15, 0.2) is 28.1 Å². The molecule has 0 bridgehead atoms. The van der Waals surface area contributed by atoms with E-state index in [0.29, 0.717) is 5.56 Å². The van der Waals surface area contributed by atoms with Gasteiger partial charge in [0.05, 0.1) is 5.69 Å². The van der Waals surface area contributed by atoms with Crippen LogP contribution in [0.5, 0.6) is 0 Å². The Balaban J connectivity index is 0.00000324. The second-order valence-electron chi connectivity index (χ2n) is 3.78. The molecule has 6 nitrogen and oxygen atoms in total. The molecule has 0 heterocycles. The maximum absolute atomic E-state index is 11.4. The Morgan fingerprint density at radius 3 is 2.47 bits per heavy atom. The van der Waals surface area contributed by atoms with Crippen molar-refractivity contribution < 1.29 is 52.4 Å². The molecule has 0 amide bonds. The van der Waals surface area contributed by atoms with Gasteiger partial charge in [0.2, 0.25) is 0 Å².